The van der Waals surface area contributed by atoms with E-state index >= 15 is 0 Å². The standard InChI is InChI=1S/C33H30NOSi/c1-19-17-26-22-11-7-9-13-28(22)35-32(26)30(21(19)3)31-24-15-16-25-23-12-8-10-14-29(23)36(5,6)33(25)27(24)18-20(2)34(31)4/h7-18H,1-6H3/q+1. The molecular formula is C33H30NOSi+. The molecule has 1 aliphatic heterocycles. The summed E-state index contributed by atoms with van der Waals surface area (Å²) in [5, 5.41) is 8.20. The first-order valence-electron chi connectivity index (χ1n) is 12.8. The Hall–Kier alpha value is -3.69. The molecule has 2 nitrogen and oxygen atoms in total. The van der Waals surface area contributed by atoms with Crippen LogP contribution in [0.25, 0.3) is 55.1 Å². The van der Waals surface area contributed by atoms with Gasteiger partial charge in [-0.25, -0.2) is 0 Å². The zero-order valence-corrected chi connectivity index (χ0v) is 22.8. The van der Waals surface area contributed by atoms with E-state index in [9.17, 15) is 0 Å². The molecule has 0 bridgehead atoms. The van der Waals surface area contributed by atoms with Gasteiger partial charge in [0.05, 0.1) is 10.9 Å². The van der Waals surface area contributed by atoms with E-state index < -0.39 is 8.07 Å². The zero-order valence-electron chi connectivity index (χ0n) is 21.8. The Labute approximate surface area is 212 Å². The molecule has 6 aromatic rings. The lowest BCUT2D eigenvalue weighted by Crippen LogP contribution is -2.49. The number of rotatable bonds is 1. The Morgan fingerprint density at radius 1 is 0.722 bits per heavy atom. The number of fused-ring (bicyclic) bond motifs is 8. The van der Waals surface area contributed by atoms with Gasteiger partial charge in [0.2, 0.25) is 5.69 Å². The third kappa shape index (κ3) is 2.64. The van der Waals surface area contributed by atoms with Gasteiger partial charge in [0.1, 0.15) is 26.3 Å². The number of para-hydroxylation sites is 1. The first kappa shape index (κ1) is 21.6. The van der Waals surface area contributed by atoms with Crippen molar-refractivity contribution in [1.29, 1.82) is 0 Å². The van der Waals surface area contributed by atoms with Crippen LogP contribution in [0, 0.1) is 20.8 Å². The molecule has 0 atom stereocenters. The molecule has 0 spiro atoms. The van der Waals surface area contributed by atoms with E-state index in [0.29, 0.717) is 0 Å². The molecule has 0 amide bonds. The molecule has 176 valence electrons. The number of benzene rings is 4. The molecule has 0 saturated carbocycles. The lowest BCUT2D eigenvalue weighted by molar-refractivity contribution is -0.665. The van der Waals surface area contributed by atoms with Crippen molar-refractivity contribution in [2.75, 3.05) is 0 Å². The van der Waals surface area contributed by atoms with E-state index in [1.807, 2.05) is 0 Å². The summed E-state index contributed by atoms with van der Waals surface area (Å²) in [6.07, 6.45) is 0. The van der Waals surface area contributed by atoms with Crippen LogP contribution in [0.1, 0.15) is 16.8 Å². The van der Waals surface area contributed by atoms with Crippen LogP contribution in [0.15, 0.2) is 77.2 Å². The number of hydrogen-bond donors (Lipinski definition) is 0. The summed E-state index contributed by atoms with van der Waals surface area (Å²) < 4.78 is 8.96. The van der Waals surface area contributed by atoms with E-state index in [4.69, 9.17) is 4.42 Å². The Balaban J connectivity index is 1.66. The van der Waals surface area contributed by atoms with Crippen LogP contribution in [0.5, 0.6) is 0 Å². The molecule has 0 radical (unpaired) electrons. The van der Waals surface area contributed by atoms with Crippen molar-refractivity contribution in [2.24, 2.45) is 7.05 Å². The molecule has 0 unspecified atom stereocenters. The fourth-order valence-electron chi connectivity index (χ4n) is 6.61. The maximum Gasteiger partial charge on any atom is 0.224 e. The van der Waals surface area contributed by atoms with Gasteiger partial charge in [-0.05, 0) is 70.1 Å². The van der Waals surface area contributed by atoms with E-state index in [2.05, 4.69) is 118 Å². The number of nitrogens with zero attached hydrogens (tertiary/aromatic N) is 1. The summed E-state index contributed by atoms with van der Waals surface area (Å²) in [5.41, 5.74) is 11.1. The molecular weight excluding hydrogens is 454 g/mol. The van der Waals surface area contributed by atoms with E-state index in [1.165, 1.54) is 60.8 Å². The summed E-state index contributed by atoms with van der Waals surface area (Å²) in [6, 6.07) is 26.9. The maximum absolute atomic E-state index is 6.60. The molecule has 0 fully saturated rings. The first-order valence-corrected chi connectivity index (χ1v) is 15.8. The van der Waals surface area contributed by atoms with Crippen molar-refractivity contribution in [3.63, 3.8) is 0 Å². The highest BCUT2D eigenvalue weighted by Crippen LogP contribution is 2.41. The second kappa shape index (κ2) is 7.17. The Morgan fingerprint density at radius 3 is 2.31 bits per heavy atom. The van der Waals surface area contributed by atoms with Crippen molar-refractivity contribution in [1.82, 2.24) is 0 Å². The molecule has 1 aliphatic rings. The molecule has 3 heterocycles. The number of furan rings is 1. The van der Waals surface area contributed by atoms with E-state index in [-0.39, 0.29) is 0 Å². The molecule has 3 heteroatoms. The molecule has 0 saturated heterocycles. The third-order valence-electron chi connectivity index (χ3n) is 8.66. The fourth-order valence-corrected chi connectivity index (χ4v) is 10.1. The largest absolute Gasteiger partial charge is 0.455 e. The lowest BCUT2D eigenvalue weighted by Gasteiger charge is -2.21. The Morgan fingerprint density at radius 2 is 1.47 bits per heavy atom. The first-order chi connectivity index (χ1) is 17.3. The topological polar surface area (TPSA) is 17.0 Å². The summed E-state index contributed by atoms with van der Waals surface area (Å²) in [4.78, 5) is 0. The van der Waals surface area contributed by atoms with Crippen molar-refractivity contribution in [3.05, 3.63) is 89.6 Å². The highest BCUT2D eigenvalue weighted by atomic mass is 28.3. The van der Waals surface area contributed by atoms with Crippen LogP contribution in [-0.2, 0) is 7.05 Å². The van der Waals surface area contributed by atoms with E-state index in [1.54, 1.807) is 10.4 Å². The highest BCUT2D eigenvalue weighted by molar-refractivity contribution is 7.05. The van der Waals surface area contributed by atoms with Gasteiger partial charge in [-0.2, -0.15) is 4.57 Å². The Bertz CT molecular complexity index is 1910. The van der Waals surface area contributed by atoms with Gasteiger partial charge < -0.3 is 4.42 Å². The van der Waals surface area contributed by atoms with Crippen LogP contribution >= 0.6 is 0 Å². The minimum Gasteiger partial charge on any atom is -0.455 e. The SMILES string of the molecule is Cc1cc2c(oc3ccccc32)c(-c2c3ccc4c(c3cc(C)[n+]2C)[Si](C)(C)c2ccccc2-4)c1C. The summed E-state index contributed by atoms with van der Waals surface area (Å²) >= 11 is 0. The molecule has 0 N–H and O–H groups in total. The van der Waals surface area contributed by atoms with Crippen LogP contribution in [-0.4, -0.2) is 8.07 Å². The van der Waals surface area contributed by atoms with Crippen LogP contribution in [0.3, 0.4) is 0 Å². The number of aromatic nitrogens is 1. The van der Waals surface area contributed by atoms with Gasteiger partial charge in [-0.1, -0.05) is 61.6 Å². The lowest BCUT2D eigenvalue weighted by atomic mass is 9.92. The monoisotopic (exact) mass is 484 g/mol. The Kier molecular flexibility index (Phi) is 4.30. The average molecular weight is 485 g/mol. The smallest absolute Gasteiger partial charge is 0.224 e. The minimum atomic E-state index is -1.85. The quantitative estimate of drug-likeness (QED) is 0.182. The predicted molar refractivity (Wildman–Crippen MR) is 154 cm³/mol. The van der Waals surface area contributed by atoms with Crippen molar-refractivity contribution >= 4 is 51.2 Å². The van der Waals surface area contributed by atoms with Gasteiger partial charge in [-0.15, -0.1) is 0 Å². The fraction of sp³-hybridized carbons (Fsp3) is 0.182. The van der Waals surface area contributed by atoms with Gasteiger partial charge >= 0.3 is 0 Å². The normalized spacial score (nSPS) is 14.1. The van der Waals surface area contributed by atoms with Crippen molar-refractivity contribution in [3.8, 4) is 22.4 Å². The minimum absolute atomic E-state index is 0.947. The second-order valence-corrected chi connectivity index (χ2v) is 15.3. The van der Waals surface area contributed by atoms with E-state index in [0.717, 1.165) is 11.2 Å². The molecule has 2 aromatic heterocycles. The van der Waals surface area contributed by atoms with Crippen molar-refractivity contribution in [2.45, 2.75) is 33.9 Å². The van der Waals surface area contributed by atoms with Crippen LogP contribution in [0.2, 0.25) is 13.1 Å². The predicted octanol–water partition coefficient (Wildman–Crippen LogP) is 6.96. The zero-order chi connectivity index (χ0) is 24.9. The highest BCUT2D eigenvalue weighted by Gasteiger charge is 2.40. The van der Waals surface area contributed by atoms with Gasteiger partial charge in [0, 0.05) is 23.8 Å². The molecule has 0 aliphatic carbocycles. The van der Waals surface area contributed by atoms with Crippen molar-refractivity contribution < 1.29 is 8.98 Å². The molecule has 7 rings (SSSR count). The maximum atomic E-state index is 6.60. The van der Waals surface area contributed by atoms with Crippen LogP contribution in [0.4, 0.5) is 0 Å². The molecule has 36 heavy (non-hydrogen) atoms. The second-order valence-electron chi connectivity index (χ2n) is 11.0. The summed E-state index contributed by atoms with van der Waals surface area (Å²) in [5.74, 6) is 0. The van der Waals surface area contributed by atoms with Crippen LogP contribution < -0.4 is 14.9 Å². The number of aryl methyl sites for hydroxylation is 2. The summed E-state index contributed by atoms with van der Waals surface area (Å²) in [7, 11) is 0.352. The van der Waals surface area contributed by atoms with Gasteiger partial charge in [-0.3, -0.25) is 0 Å². The number of pyridine rings is 1. The summed E-state index contributed by atoms with van der Waals surface area (Å²) in [6.45, 7) is 11.7. The number of hydrogen-bond acceptors (Lipinski definition) is 1. The molecule has 4 aromatic carbocycles. The third-order valence-corrected chi connectivity index (χ3v) is 12.2. The van der Waals surface area contributed by atoms with Gasteiger partial charge in [0.25, 0.3) is 0 Å². The van der Waals surface area contributed by atoms with Gasteiger partial charge in [0.15, 0.2) is 5.69 Å². The average Bonchev–Trinajstić information content (AvgIpc) is 3.34.